The highest BCUT2D eigenvalue weighted by molar-refractivity contribution is 6.19. The van der Waals surface area contributed by atoms with Crippen molar-refractivity contribution in [2.45, 2.75) is 13.3 Å². The Morgan fingerprint density at radius 2 is 1.80 bits per heavy atom. The number of benzene rings is 4. The first-order valence-electron chi connectivity index (χ1n) is 13.7. The minimum absolute atomic E-state index is 0.776. The molecular weight excluding hydrogens is 486 g/mol. The molecule has 0 saturated carbocycles. The highest BCUT2D eigenvalue weighted by Gasteiger charge is 2.16. The van der Waals surface area contributed by atoms with Crippen LogP contribution < -0.4 is 11.1 Å². The third kappa shape index (κ3) is 4.67. The van der Waals surface area contributed by atoms with Crippen LogP contribution in [0.3, 0.4) is 0 Å². The molecule has 40 heavy (non-hydrogen) atoms. The van der Waals surface area contributed by atoms with Crippen molar-refractivity contribution in [3.63, 3.8) is 0 Å². The smallest absolute Gasteiger partial charge is 0.0619 e. The Balaban J connectivity index is 1.46. The number of nitrogens with two attached hydrogens (primary N) is 1. The second-order valence-electron chi connectivity index (χ2n) is 10.0. The fourth-order valence-corrected chi connectivity index (χ4v) is 5.58. The van der Waals surface area contributed by atoms with Crippen LogP contribution in [0, 0.1) is 0 Å². The predicted molar refractivity (Wildman–Crippen MR) is 172 cm³/mol. The number of aromatic nitrogens is 1. The van der Waals surface area contributed by atoms with Gasteiger partial charge in [-0.1, -0.05) is 91.6 Å². The molecule has 0 spiro atoms. The number of fused-ring (bicyclic) bond motifs is 5. The number of para-hydroxylation sites is 1. The van der Waals surface area contributed by atoms with Gasteiger partial charge in [0.1, 0.15) is 0 Å². The number of allylic oxidation sites excluding steroid dienone is 7. The number of hydrogen-bond acceptors (Lipinski definition) is 2. The van der Waals surface area contributed by atoms with Gasteiger partial charge in [0, 0.05) is 34.1 Å². The molecule has 3 heteroatoms. The summed E-state index contributed by atoms with van der Waals surface area (Å²) >= 11 is 0. The normalized spacial score (nSPS) is 14.3. The average molecular weight is 520 g/mol. The topological polar surface area (TPSA) is 43.0 Å². The number of nitrogens with one attached hydrogen (secondary N) is 1. The zero-order valence-corrected chi connectivity index (χ0v) is 22.8. The fourth-order valence-electron chi connectivity index (χ4n) is 5.58. The van der Waals surface area contributed by atoms with Crippen LogP contribution >= 0.6 is 0 Å². The fraction of sp³-hybridized carbons (Fsp3) is 0.0811. The van der Waals surface area contributed by atoms with E-state index in [0.717, 1.165) is 35.5 Å². The summed E-state index contributed by atoms with van der Waals surface area (Å²) in [6.45, 7) is 6.85. The first kappa shape index (κ1) is 25.3. The van der Waals surface area contributed by atoms with Crippen LogP contribution in [0.2, 0.25) is 0 Å². The second-order valence-corrected chi connectivity index (χ2v) is 10.0. The molecule has 1 aliphatic rings. The minimum Gasteiger partial charge on any atom is -0.398 e. The first-order valence-corrected chi connectivity index (χ1v) is 13.7. The van der Waals surface area contributed by atoms with Gasteiger partial charge in [0.05, 0.1) is 11.0 Å². The molecule has 0 unspecified atom stereocenters. The van der Waals surface area contributed by atoms with Gasteiger partial charge in [-0.3, -0.25) is 0 Å². The minimum atomic E-state index is 0.776. The molecular formula is C37H33N3. The zero-order valence-electron chi connectivity index (χ0n) is 22.8. The van der Waals surface area contributed by atoms with Crippen LogP contribution in [0.15, 0.2) is 145 Å². The van der Waals surface area contributed by atoms with Crippen molar-refractivity contribution in [2.24, 2.45) is 5.73 Å². The highest BCUT2D eigenvalue weighted by atomic mass is 15.0. The first-order chi connectivity index (χ1) is 19.7. The average Bonchev–Trinajstić information content (AvgIpc) is 3.34. The Morgan fingerprint density at radius 3 is 2.58 bits per heavy atom. The van der Waals surface area contributed by atoms with E-state index in [0.29, 0.717) is 0 Å². The molecule has 4 aromatic carbocycles. The maximum absolute atomic E-state index is 6.27. The van der Waals surface area contributed by atoms with Crippen LogP contribution in [-0.4, -0.2) is 11.1 Å². The monoisotopic (exact) mass is 519 g/mol. The van der Waals surface area contributed by atoms with Crippen LogP contribution in [0.1, 0.15) is 18.1 Å². The number of hydrogen-bond donors (Lipinski definition) is 2. The molecule has 0 bridgehead atoms. The van der Waals surface area contributed by atoms with E-state index >= 15 is 0 Å². The molecule has 2 heterocycles. The quantitative estimate of drug-likeness (QED) is 0.212. The second kappa shape index (κ2) is 11.0. The molecule has 1 aliphatic heterocycles. The zero-order chi connectivity index (χ0) is 27.5. The molecule has 3 N–H and O–H groups in total. The summed E-state index contributed by atoms with van der Waals surface area (Å²) in [4.78, 5) is 0. The van der Waals surface area contributed by atoms with Gasteiger partial charge in [0.2, 0.25) is 0 Å². The molecule has 1 aromatic heterocycles. The highest BCUT2D eigenvalue weighted by Crippen LogP contribution is 2.37. The lowest BCUT2D eigenvalue weighted by Crippen LogP contribution is -2.11. The lowest BCUT2D eigenvalue weighted by atomic mass is 9.99. The predicted octanol–water partition coefficient (Wildman–Crippen LogP) is 8.51. The van der Waals surface area contributed by atoms with Gasteiger partial charge < -0.3 is 15.6 Å². The standard InChI is InChI=1S/C37H33N3/c1-3-27(4-2)29-15-18-32-30(25-29)16-19-34-33-17-14-26(10-8-9-13-35(38)28-20-22-39-23-21-28)24-36(33)40(37(32)34)31-11-6-5-7-12-31/h3-9,11-22,24-25,39H,1,10,23,38H2,2H3/b9-8-,27-4+,35-13-. The molecule has 0 atom stereocenters. The lowest BCUT2D eigenvalue weighted by Gasteiger charge is -2.11. The summed E-state index contributed by atoms with van der Waals surface area (Å²) < 4.78 is 2.41. The molecule has 0 amide bonds. The maximum atomic E-state index is 6.27. The van der Waals surface area contributed by atoms with Gasteiger partial charge >= 0.3 is 0 Å². The third-order valence-corrected chi connectivity index (χ3v) is 7.61. The van der Waals surface area contributed by atoms with Gasteiger partial charge in [-0.2, -0.15) is 0 Å². The van der Waals surface area contributed by atoms with E-state index in [1.54, 1.807) is 0 Å². The number of dihydropyridines is 1. The summed E-state index contributed by atoms with van der Waals surface area (Å²) in [7, 11) is 0. The van der Waals surface area contributed by atoms with E-state index in [-0.39, 0.29) is 0 Å². The van der Waals surface area contributed by atoms with Gasteiger partial charge in [-0.15, -0.1) is 0 Å². The van der Waals surface area contributed by atoms with Crippen molar-refractivity contribution in [3.8, 4) is 5.69 Å². The maximum Gasteiger partial charge on any atom is 0.0619 e. The van der Waals surface area contributed by atoms with Crippen LogP contribution in [-0.2, 0) is 6.42 Å². The summed E-state index contributed by atoms with van der Waals surface area (Å²) in [6, 6.07) is 28.7. The molecule has 196 valence electrons. The number of rotatable bonds is 7. The Hall–Kier alpha value is -5.02. The van der Waals surface area contributed by atoms with E-state index in [9.17, 15) is 0 Å². The largest absolute Gasteiger partial charge is 0.398 e. The Labute approximate surface area is 235 Å². The Bertz CT molecular complexity index is 1890. The molecule has 3 nitrogen and oxygen atoms in total. The van der Waals surface area contributed by atoms with Crippen LogP contribution in [0.4, 0.5) is 0 Å². The molecule has 0 radical (unpaired) electrons. The molecule has 6 rings (SSSR count). The number of nitrogens with zero attached hydrogens (tertiary/aromatic N) is 1. The van der Waals surface area contributed by atoms with Crippen LogP contribution in [0.5, 0.6) is 0 Å². The van der Waals surface area contributed by atoms with E-state index < -0.39 is 0 Å². The van der Waals surface area contributed by atoms with E-state index in [1.807, 2.05) is 24.4 Å². The van der Waals surface area contributed by atoms with Crippen molar-refractivity contribution in [2.75, 3.05) is 6.54 Å². The SMILES string of the molecule is C=C/C(=C\C)c1ccc2c(ccc3c4ccc(C/C=C\C=C(/N)C5=CCNC=C5)cc4n(-c4ccccc4)c23)c1. The van der Waals surface area contributed by atoms with E-state index in [2.05, 4.69) is 127 Å². The molecule has 0 aliphatic carbocycles. The van der Waals surface area contributed by atoms with E-state index in [1.165, 1.54) is 43.7 Å². The van der Waals surface area contributed by atoms with E-state index in [4.69, 9.17) is 5.73 Å². The summed E-state index contributed by atoms with van der Waals surface area (Å²) in [5.74, 6) is 0. The van der Waals surface area contributed by atoms with Gasteiger partial charge in [-0.05, 0) is 83.6 Å². The summed E-state index contributed by atoms with van der Waals surface area (Å²) in [5, 5.41) is 8.13. The van der Waals surface area contributed by atoms with Crippen molar-refractivity contribution < 1.29 is 0 Å². The van der Waals surface area contributed by atoms with Crippen molar-refractivity contribution in [1.82, 2.24) is 9.88 Å². The van der Waals surface area contributed by atoms with Crippen LogP contribution in [0.25, 0.3) is 43.8 Å². The summed E-state index contributed by atoms with van der Waals surface area (Å²) in [5.41, 5.74) is 15.3. The van der Waals surface area contributed by atoms with Crippen molar-refractivity contribution >= 4 is 38.2 Å². The molecule has 0 fully saturated rings. The Kier molecular flexibility index (Phi) is 6.95. The van der Waals surface area contributed by atoms with Gasteiger partial charge in [0.15, 0.2) is 0 Å². The Morgan fingerprint density at radius 1 is 0.975 bits per heavy atom. The molecule has 0 saturated heterocycles. The van der Waals surface area contributed by atoms with Crippen molar-refractivity contribution in [3.05, 3.63) is 157 Å². The molecule has 5 aromatic rings. The van der Waals surface area contributed by atoms with Gasteiger partial charge in [-0.25, -0.2) is 0 Å². The van der Waals surface area contributed by atoms with Crippen molar-refractivity contribution in [1.29, 1.82) is 0 Å². The summed E-state index contributed by atoms with van der Waals surface area (Å²) in [6.07, 6.45) is 17.1. The lowest BCUT2D eigenvalue weighted by molar-refractivity contribution is 0.958. The third-order valence-electron chi connectivity index (χ3n) is 7.61. The van der Waals surface area contributed by atoms with Gasteiger partial charge in [0.25, 0.3) is 0 Å².